The van der Waals surface area contributed by atoms with E-state index >= 15 is 0 Å². The number of esters is 1. The van der Waals surface area contributed by atoms with E-state index in [0.29, 0.717) is 0 Å². The van der Waals surface area contributed by atoms with Gasteiger partial charge in [-0.2, -0.15) is 5.26 Å². The summed E-state index contributed by atoms with van der Waals surface area (Å²) in [5.74, 6) is -0.721. The summed E-state index contributed by atoms with van der Waals surface area (Å²) in [6, 6.07) is 1.74. The van der Waals surface area contributed by atoms with Gasteiger partial charge in [0.25, 0.3) is 0 Å². The van der Waals surface area contributed by atoms with Gasteiger partial charge in [0.15, 0.2) is 11.9 Å². The second-order valence-corrected chi connectivity index (χ2v) is 4.97. The van der Waals surface area contributed by atoms with Crippen molar-refractivity contribution in [1.82, 2.24) is 5.32 Å². The summed E-state index contributed by atoms with van der Waals surface area (Å²) in [7, 11) is 4.38. The maximum atomic E-state index is 11.5. The van der Waals surface area contributed by atoms with Crippen LogP contribution in [0.2, 0.25) is 0 Å². The van der Waals surface area contributed by atoms with Crippen molar-refractivity contribution in [1.29, 1.82) is 5.26 Å². The fourth-order valence-corrected chi connectivity index (χ4v) is 2.39. The van der Waals surface area contributed by atoms with Gasteiger partial charge in [-0.1, -0.05) is 0 Å². The van der Waals surface area contributed by atoms with Crippen molar-refractivity contribution in [2.45, 2.75) is 37.6 Å². The Balaban J connectivity index is 2.73. The Kier molecular flexibility index (Phi) is 8.67. The van der Waals surface area contributed by atoms with Crippen molar-refractivity contribution < 1.29 is 33.6 Å². The van der Waals surface area contributed by atoms with Gasteiger partial charge in [-0.25, -0.2) is 4.79 Å². The van der Waals surface area contributed by atoms with Crippen molar-refractivity contribution in [3.8, 4) is 6.07 Å². The standard InChI is InChI=1S/C15H24N2O7/c1-5-23-14(19)9(6-16)7-17-8-10-11(18)12(20-2)13(21-3)15(22-4)24-10/h7,10-13,15,17-18H,5,8H2,1-4H3/b9-7-/t10-,11-,12+,13-,15+/m1/s1. The lowest BCUT2D eigenvalue weighted by Crippen LogP contribution is -2.61. The fraction of sp³-hybridized carbons (Fsp3) is 0.733. The van der Waals surface area contributed by atoms with E-state index in [1.165, 1.54) is 27.5 Å². The average Bonchev–Trinajstić information content (AvgIpc) is 2.59. The van der Waals surface area contributed by atoms with Gasteiger partial charge in [-0.05, 0) is 6.92 Å². The number of aliphatic hydroxyl groups excluding tert-OH is 1. The highest BCUT2D eigenvalue weighted by molar-refractivity contribution is 5.92. The molecule has 0 aromatic rings. The first kappa shape index (κ1) is 20.3. The number of nitrogens with zero attached hydrogens (tertiary/aromatic N) is 1. The number of nitrogens with one attached hydrogen (secondary N) is 1. The quantitative estimate of drug-likeness (QED) is 0.335. The topological polar surface area (TPSA) is 119 Å². The van der Waals surface area contributed by atoms with Gasteiger partial charge in [-0.3, -0.25) is 0 Å². The third-order valence-electron chi connectivity index (χ3n) is 3.58. The Morgan fingerprint density at radius 1 is 1.29 bits per heavy atom. The Morgan fingerprint density at radius 3 is 2.46 bits per heavy atom. The van der Waals surface area contributed by atoms with Gasteiger partial charge in [0.2, 0.25) is 0 Å². The van der Waals surface area contributed by atoms with Crippen LogP contribution in [0, 0.1) is 11.3 Å². The molecule has 0 bridgehead atoms. The number of rotatable bonds is 8. The minimum atomic E-state index is -0.986. The zero-order valence-corrected chi connectivity index (χ0v) is 14.2. The van der Waals surface area contributed by atoms with Crippen molar-refractivity contribution in [3.63, 3.8) is 0 Å². The second-order valence-electron chi connectivity index (χ2n) is 4.97. The summed E-state index contributed by atoms with van der Waals surface area (Å²) >= 11 is 0. The van der Waals surface area contributed by atoms with E-state index in [4.69, 9.17) is 28.9 Å². The molecule has 0 aliphatic carbocycles. The first-order valence-corrected chi connectivity index (χ1v) is 7.46. The van der Waals surface area contributed by atoms with Gasteiger partial charge in [0.05, 0.1) is 6.61 Å². The third-order valence-corrected chi connectivity index (χ3v) is 3.58. The van der Waals surface area contributed by atoms with Gasteiger partial charge in [0, 0.05) is 34.1 Å². The lowest BCUT2D eigenvalue weighted by atomic mass is 9.98. The molecular formula is C15H24N2O7. The molecule has 1 aliphatic rings. The van der Waals surface area contributed by atoms with Crippen LogP contribution in [0.5, 0.6) is 0 Å². The second kappa shape index (κ2) is 10.2. The molecule has 5 atom stereocenters. The molecule has 1 aliphatic heterocycles. The van der Waals surface area contributed by atoms with Crippen molar-refractivity contribution in [2.24, 2.45) is 0 Å². The molecule has 0 spiro atoms. The van der Waals surface area contributed by atoms with Crippen LogP contribution in [-0.4, -0.2) is 76.3 Å². The Hall–Kier alpha value is -1.70. The first-order chi connectivity index (χ1) is 11.5. The summed E-state index contributed by atoms with van der Waals surface area (Å²) in [6.07, 6.45) is -2.41. The van der Waals surface area contributed by atoms with Crippen molar-refractivity contribution in [2.75, 3.05) is 34.5 Å². The highest BCUT2D eigenvalue weighted by Crippen LogP contribution is 2.25. The van der Waals surface area contributed by atoms with Gasteiger partial charge in [-0.15, -0.1) is 0 Å². The predicted octanol–water partition coefficient (Wildman–Crippen LogP) is -0.691. The largest absolute Gasteiger partial charge is 0.462 e. The molecule has 0 aromatic heterocycles. The summed E-state index contributed by atoms with van der Waals surface area (Å²) in [4.78, 5) is 11.5. The molecule has 24 heavy (non-hydrogen) atoms. The maximum absolute atomic E-state index is 11.5. The van der Waals surface area contributed by atoms with Gasteiger partial charge >= 0.3 is 5.97 Å². The molecule has 1 saturated heterocycles. The van der Waals surface area contributed by atoms with E-state index in [9.17, 15) is 9.90 Å². The van der Waals surface area contributed by atoms with Crippen molar-refractivity contribution in [3.05, 3.63) is 11.8 Å². The summed E-state index contributed by atoms with van der Waals surface area (Å²) in [5, 5.41) is 22.1. The van der Waals surface area contributed by atoms with Crippen LogP contribution in [0.25, 0.3) is 0 Å². The normalized spacial score (nSPS) is 30.5. The van der Waals surface area contributed by atoms with Crippen LogP contribution in [0.3, 0.4) is 0 Å². The zero-order chi connectivity index (χ0) is 18.1. The minimum Gasteiger partial charge on any atom is -0.462 e. The first-order valence-electron chi connectivity index (χ1n) is 7.46. The molecular weight excluding hydrogens is 320 g/mol. The lowest BCUT2D eigenvalue weighted by molar-refractivity contribution is -0.297. The number of ether oxygens (including phenoxy) is 5. The molecule has 1 fully saturated rings. The highest BCUT2D eigenvalue weighted by atomic mass is 16.7. The molecule has 9 nitrogen and oxygen atoms in total. The minimum absolute atomic E-state index is 0.127. The Labute approximate surface area is 141 Å². The monoisotopic (exact) mass is 344 g/mol. The number of hydrogen-bond donors (Lipinski definition) is 2. The van der Waals surface area contributed by atoms with Crippen LogP contribution in [0.4, 0.5) is 0 Å². The molecule has 0 unspecified atom stereocenters. The van der Waals surface area contributed by atoms with Crippen molar-refractivity contribution >= 4 is 5.97 Å². The molecule has 136 valence electrons. The van der Waals surface area contributed by atoms with Gasteiger partial charge < -0.3 is 34.1 Å². The number of methoxy groups -OCH3 is 3. The summed E-state index contributed by atoms with van der Waals surface area (Å²) < 4.78 is 26.2. The van der Waals surface area contributed by atoms with Crippen LogP contribution >= 0.6 is 0 Å². The van der Waals surface area contributed by atoms with Crippen LogP contribution in [-0.2, 0) is 28.5 Å². The molecule has 0 radical (unpaired) electrons. The van der Waals surface area contributed by atoms with E-state index < -0.39 is 36.7 Å². The predicted molar refractivity (Wildman–Crippen MR) is 81.6 cm³/mol. The van der Waals surface area contributed by atoms with E-state index in [0.717, 1.165) is 0 Å². The molecule has 2 N–H and O–H groups in total. The summed E-state index contributed by atoms with van der Waals surface area (Å²) in [5.41, 5.74) is -0.177. The van der Waals surface area contributed by atoms with E-state index in [-0.39, 0.29) is 18.7 Å². The summed E-state index contributed by atoms with van der Waals surface area (Å²) in [6.45, 7) is 1.95. The smallest absolute Gasteiger partial charge is 0.350 e. The molecule has 1 rings (SSSR count). The number of hydrogen-bond acceptors (Lipinski definition) is 9. The maximum Gasteiger partial charge on any atom is 0.350 e. The Morgan fingerprint density at radius 2 is 1.96 bits per heavy atom. The molecule has 0 amide bonds. The van der Waals surface area contributed by atoms with Gasteiger partial charge in [0.1, 0.15) is 30.5 Å². The SMILES string of the molecule is CCOC(=O)/C(C#N)=C\NC[C@H]1O[C@H](OC)[C@H](OC)[C@@H](OC)[C@@H]1O. The number of aliphatic hydroxyl groups is 1. The lowest BCUT2D eigenvalue weighted by Gasteiger charge is -2.42. The number of carbonyl (C=O) groups is 1. The molecule has 1 heterocycles. The average molecular weight is 344 g/mol. The van der Waals surface area contributed by atoms with E-state index in [1.807, 2.05) is 0 Å². The molecule has 0 aromatic carbocycles. The molecule has 9 heteroatoms. The zero-order valence-electron chi connectivity index (χ0n) is 14.2. The van der Waals surface area contributed by atoms with Crippen LogP contribution < -0.4 is 5.32 Å². The molecule has 0 saturated carbocycles. The van der Waals surface area contributed by atoms with Crippen LogP contribution in [0.1, 0.15) is 6.92 Å². The van der Waals surface area contributed by atoms with E-state index in [1.54, 1.807) is 13.0 Å². The Bertz CT molecular complexity index is 477. The highest BCUT2D eigenvalue weighted by Gasteiger charge is 2.46. The number of nitriles is 1. The van der Waals surface area contributed by atoms with E-state index in [2.05, 4.69) is 5.32 Å². The third kappa shape index (κ3) is 4.90. The fourth-order valence-electron chi connectivity index (χ4n) is 2.39. The van der Waals surface area contributed by atoms with Crippen LogP contribution in [0.15, 0.2) is 11.8 Å². The number of carbonyl (C=O) groups excluding carboxylic acids is 1.